The fraction of sp³-hybridized carbons (Fsp3) is 0.647. The predicted octanol–water partition coefficient (Wildman–Crippen LogP) is 1.17. The molecule has 0 radical (unpaired) electrons. The molecule has 1 saturated heterocycles. The number of nitrogens with one attached hydrogen (secondary N) is 2. The first-order valence-corrected chi connectivity index (χ1v) is 8.43. The van der Waals surface area contributed by atoms with Gasteiger partial charge in [0.1, 0.15) is 5.69 Å². The maximum atomic E-state index is 12.7. The molecule has 0 aromatic carbocycles. The van der Waals surface area contributed by atoms with Gasteiger partial charge < -0.3 is 20.1 Å². The Hall–Kier alpha value is -1.82. The van der Waals surface area contributed by atoms with E-state index in [4.69, 9.17) is 0 Å². The lowest BCUT2D eigenvalue weighted by Crippen LogP contribution is -2.49. The van der Waals surface area contributed by atoms with Gasteiger partial charge in [-0.2, -0.15) is 0 Å². The molecular formula is C17H26N4O2. The summed E-state index contributed by atoms with van der Waals surface area (Å²) >= 11 is 0. The van der Waals surface area contributed by atoms with Crippen LogP contribution in [0, 0.1) is 0 Å². The first kappa shape index (κ1) is 16.1. The minimum Gasteiger partial charge on any atom is -0.357 e. The fourth-order valence-electron chi connectivity index (χ4n) is 3.85. The predicted molar refractivity (Wildman–Crippen MR) is 88.4 cm³/mol. The van der Waals surface area contributed by atoms with Crippen LogP contribution in [-0.4, -0.2) is 65.9 Å². The van der Waals surface area contributed by atoms with E-state index in [0.717, 1.165) is 18.5 Å². The highest BCUT2D eigenvalue weighted by molar-refractivity contribution is 5.99. The third kappa shape index (κ3) is 2.87. The van der Waals surface area contributed by atoms with Gasteiger partial charge in [0.25, 0.3) is 5.91 Å². The highest BCUT2D eigenvalue weighted by Crippen LogP contribution is 2.32. The number of carbonyl (C=O) groups excluding carboxylic acids is 2. The second-order valence-electron chi connectivity index (χ2n) is 6.80. The van der Waals surface area contributed by atoms with Gasteiger partial charge in [-0.3, -0.25) is 9.59 Å². The molecule has 3 unspecified atom stereocenters. The second-order valence-corrected chi connectivity index (χ2v) is 6.80. The van der Waals surface area contributed by atoms with Gasteiger partial charge in [-0.1, -0.05) is 0 Å². The molecule has 126 valence electrons. The Labute approximate surface area is 137 Å². The molecule has 3 heterocycles. The molecule has 6 nitrogen and oxygen atoms in total. The number of hydrogen-bond acceptors (Lipinski definition) is 3. The molecule has 2 aliphatic heterocycles. The van der Waals surface area contributed by atoms with Crippen LogP contribution >= 0.6 is 0 Å². The molecule has 1 aromatic heterocycles. The van der Waals surface area contributed by atoms with E-state index >= 15 is 0 Å². The van der Waals surface area contributed by atoms with Crippen LogP contribution in [0.25, 0.3) is 0 Å². The number of nitrogens with zero attached hydrogens (tertiary/aromatic N) is 2. The maximum Gasteiger partial charge on any atom is 0.270 e. The molecule has 1 fully saturated rings. The third-order valence-electron chi connectivity index (χ3n) is 5.47. The van der Waals surface area contributed by atoms with E-state index in [1.807, 2.05) is 13.0 Å². The summed E-state index contributed by atoms with van der Waals surface area (Å²) in [6.45, 7) is 3.77. The Morgan fingerprint density at radius 2 is 2.22 bits per heavy atom. The van der Waals surface area contributed by atoms with E-state index in [-0.39, 0.29) is 23.8 Å². The molecule has 2 N–H and O–H groups in total. The van der Waals surface area contributed by atoms with Crippen LogP contribution in [0.4, 0.5) is 0 Å². The average Bonchev–Trinajstić information content (AvgIpc) is 3.15. The van der Waals surface area contributed by atoms with Crippen molar-refractivity contribution in [1.29, 1.82) is 0 Å². The third-order valence-corrected chi connectivity index (χ3v) is 5.47. The van der Waals surface area contributed by atoms with E-state index < -0.39 is 0 Å². The Balaban J connectivity index is 1.65. The number of aromatic amines is 1. The average molecular weight is 318 g/mol. The molecule has 0 bridgehead atoms. The number of rotatable bonds is 4. The van der Waals surface area contributed by atoms with Crippen molar-refractivity contribution in [3.8, 4) is 0 Å². The van der Waals surface area contributed by atoms with Gasteiger partial charge in [0.05, 0.1) is 5.92 Å². The Morgan fingerprint density at radius 1 is 1.43 bits per heavy atom. The van der Waals surface area contributed by atoms with Crippen molar-refractivity contribution < 1.29 is 9.59 Å². The number of likely N-dealkylation sites (tertiary alicyclic amines) is 1. The molecule has 23 heavy (non-hydrogen) atoms. The number of hydrogen-bond donors (Lipinski definition) is 2. The van der Waals surface area contributed by atoms with Crippen molar-refractivity contribution in [2.24, 2.45) is 0 Å². The van der Waals surface area contributed by atoms with E-state index in [1.165, 1.54) is 12.8 Å². The van der Waals surface area contributed by atoms with Gasteiger partial charge in [-0.25, -0.2) is 0 Å². The summed E-state index contributed by atoms with van der Waals surface area (Å²) in [5, 5.41) is 3.08. The van der Waals surface area contributed by atoms with Gasteiger partial charge >= 0.3 is 0 Å². The lowest BCUT2D eigenvalue weighted by molar-refractivity contribution is -0.123. The van der Waals surface area contributed by atoms with Crippen LogP contribution in [0.5, 0.6) is 0 Å². The van der Waals surface area contributed by atoms with Gasteiger partial charge in [0.2, 0.25) is 5.91 Å². The summed E-state index contributed by atoms with van der Waals surface area (Å²) in [6.07, 6.45) is 5.18. The van der Waals surface area contributed by atoms with Crippen LogP contribution in [0.1, 0.15) is 48.2 Å². The molecule has 3 rings (SSSR count). The van der Waals surface area contributed by atoms with Crippen LogP contribution in [0.2, 0.25) is 0 Å². The highest BCUT2D eigenvalue weighted by Gasteiger charge is 2.40. The summed E-state index contributed by atoms with van der Waals surface area (Å²) in [7, 11) is 3.90. The maximum absolute atomic E-state index is 12.7. The monoisotopic (exact) mass is 318 g/mol. The number of fused-ring (bicyclic) bond motifs is 1. The zero-order chi connectivity index (χ0) is 16.6. The summed E-state index contributed by atoms with van der Waals surface area (Å²) in [5.41, 5.74) is 1.36. The van der Waals surface area contributed by atoms with Crippen LogP contribution < -0.4 is 5.32 Å². The zero-order valence-electron chi connectivity index (χ0n) is 14.1. The summed E-state index contributed by atoms with van der Waals surface area (Å²) in [6, 6.07) is 2.29. The molecule has 2 amide bonds. The molecular weight excluding hydrogens is 292 g/mol. The molecule has 0 spiro atoms. The minimum atomic E-state index is -0.305. The van der Waals surface area contributed by atoms with Gasteiger partial charge in [-0.15, -0.1) is 0 Å². The topological polar surface area (TPSA) is 68.4 Å². The summed E-state index contributed by atoms with van der Waals surface area (Å²) < 4.78 is 0. The zero-order valence-corrected chi connectivity index (χ0v) is 14.1. The molecule has 2 aliphatic rings. The van der Waals surface area contributed by atoms with Crippen LogP contribution in [0.3, 0.4) is 0 Å². The summed E-state index contributed by atoms with van der Waals surface area (Å²) in [5.74, 6) is -0.340. The normalized spacial score (nSPS) is 28.0. The molecule has 6 heteroatoms. The number of likely N-dealkylation sites (N-methyl/N-ethyl adjacent to an activating group) is 1. The fourth-order valence-corrected chi connectivity index (χ4v) is 3.85. The Morgan fingerprint density at radius 3 is 2.91 bits per heavy atom. The van der Waals surface area contributed by atoms with E-state index in [1.54, 1.807) is 18.1 Å². The van der Waals surface area contributed by atoms with Crippen molar-refractivity contribution >= 4 is 11.8 Å². The Bertz CT molecular complexity index is 597. The van der Waals surface area contributed by atoms with Crippen LogP contribution in [0.15, 0.2) is 12.3 Å². The van der Waals surface area contributed by atoms with Gasteiger partial charge in [-0.05, 0) is 51.4 Å². The van der Waals surface area contributed by atoms with Crippen molar-refractivity contribution in [1.82, 2.24) is 20.1 Å². The number of aromatic nitrogens is 1. The van der Waals surface area contributed by atoms with Crippen molar-refractivity contribution in [3.63, 3.8) is 0 Å². The first-order valence-electron chi connectivity index (χ1n) is 8.43. The number of carbonyl (C=O) groups is 2. The van der Waals surface area contributed by atoms with E-state index in [0.29, 0.717) is 18.3 Å². The van der Waals surface area contributed by atoms with Gasteiger partial charge in [0, 0.05) is 31.9 Å². The number of amides is 2. The van der Waals surface area contributed by atoms with Crippen molar-refractivity contribution in [3.05, 3.63) is 23.5 Å². The van der Waals surface area contributed by atoms with E-state index in [9.17, 15) is 9.59 Å². The smallest absolute Gasteiger partial charge is 0.270 e. The second kappa shape index (κ2) is 6.35. The largest absolute Gasteiger partial charge is 0.357 e. The van der Waals surface area contributed by atoms with Gasteiger partial charge in [0.15, 0.2) is 0 Å². The molecule has 0 aliphatic carbocycles. The van der Waals surface area contributed by atoms with Crippen molar-refractivity contribution in [2.75, 3.05) is 27.2 Å². The summed E-state index contributed by atoms with van der Waals surface area (Å²) in [4.78, 5) is 31.9. The first-order chi connectivity index (χ1) is 11.0. The van der Waals surface area contributed by atoms with Crippen LogP contribution in [-0.2, 0) is 4.79 Å². The SMILES string of the molecule is CC1C(C(=O)NCCC2CCCN2C)c2cc[nH]c2C(=O)N1C. The molecule has 0 saturated carbocycles. The quantitative estimate of drug-likeness (QED) is 0.876. The number of H-pyrrole nitrogens is 1. The highest BCUT2D eigenvalue weighted by atomic mass is 16.2. The van der Waals surface area contributed by atoms with E-state index in [2.05, 4.69) is 22.2 Å². The minimum absolute atomic E-state index is 0.0124. The van der Waals surface area contributed by atoms with Crippen molar-refractivity contribution in [2.45, 2.75) is 44.2 Å². The Kier molecular flexibility index (Phi) is 4.43. The lowest BCUT2D eigenvalue weighted by atomic mass is 9.86. The molecule has 1 aromatic rings. The lowest BCUT2D eigenvalue weighted by Gasteiger charge is -2.35. The standard InChI is InChI=1S/C17H26N4O2/c1-11-14(13-7-9-18-15(13)17(23)21(11)3)16(22)19-8-6-12-5-4-10-20(12)2/h7,9,11-12,14,18H,4-6,8,10H2,1-3H3,(H,19,22). The molecule has 3 atom stereocenters.